The fraction of sp³-hybridized carbons (Fsp3) is 0.346. The third kappa shape index (κ3) is 4.70. The van der Waals surface area contributed by atoms with Gasteiger partial charge in [0, 0.05) is 17.3 Å². The molecule has 7 heteroatoms. The molecule has 1 aromatic heterocycles. The standard InChI is InChI=1S/C26H28N2O3S2/c1-4-21-17-28(33(29,30)26-9-7-6-8-24(26)31-21)16-20-14-19(11-10-18(20)3)23(5-2)25-13-12-22(15-27)32-25/h6-14,21,23H,4-5,16-17H2,1-3H3/t21-,23?/m1/s1. The minimum atomic E-state index is -3.69. The minimum Gasteiger partial charge on any atom is -0.488 e. The largest absolute Gasteiger partial charge is 0.488 e. The Morgan fingerprint density at radius 1 is 1.18 bits per heavy atom. The first-order valence-electron chi connectivity index (χ1n) is 11.2. The number of nitrogens with zero attached hydrogens (tertiary/aromatic N) is 2. The first-order chi connectivity index (χ1) is 15.9. The van der Waals surface area contributed by atoms with Crippen LogP contribution < -0.4 is 4.74 Å². The van der Waals surface area contributed by atoms with Crippen LogP contribution in [0.5, 0.6) is 5.75 Å². The van der Waals surface area contributed by atoms with E-state index < -0.39 is 10.0 Å². The summed E-state index contributed by atoms with van der Waals surface area (Å²) in [6.45, 7) is 6.77. The van der Waals surface area contributed by atoms with E-state index in [1.807, 2.05) is 26.0 Å². The van der Waals surface area contributed by atoms with Crippen LogP contribution in [-0.2, 0) is 16.6 Å². The van der Waals surface area contributed by atoms with E-state index in [4.69, 9.17) is 4.74 Å². The van der Waals surface area contributed by atoms with Crippen molar-refractivity contribution in [1.82, 2.24) is 4.31 Å². The van der Waals surface area contributed by atoms with E-state index in [9.17, 15) is 13.7 Å². The number of fused-ring (bicyclic) bond motifs is 1. The molecule has 0 saturated heterocycles. The lowest BCUT2D eigenvalue weighted by molar-refractivity contribution is 0.168. The van der Waals surface area contributed by atoms with Gasteiger partial charge < -0.3 is 4.74 Å². The quantitative estimate of drug-likeness (QED) is 0.445. The topological polar surface area (TPSA) is 70.4 Å². The van der Waals surface area contributed by atoms with E-state index in [1.165, 1.54) is 11.3 Å². The van der Waals surface area contributed by atoms with Crippen molar-refractivity contribution in [2.24, 2.45) is 0 Å². The SMILES string of the molecule is CCC(c1ccc(C)c(CN2C[C@@H](CC)Oc3ccccc3S2(=O)=O)c1)c1ccc(C#N)s1. The molecule has 0 spiro atoms. The minimum absolute atomic E-state index is 0.171. The fourth-order valence-electron chi connectivity index (χ4n) is 4.27. The second-order valence-corrected chi connectivity index (χ2v) is 11.4. The molecule has 2 atom stereocenters. The number of thiophene rings is 1. The van der Waals surface area contributed by atoms with Crippen molar-refractivity contribution in [3.8, 4) is 11.8 Å². The van der Waals surface area contributed by atoms with Crippen molar-refractivity contribution in [3.05, 3.63) is 81.0 Å². The average Bonchev–Trinajstić information content (AvgIpc) is 3.25. The summed E-state index contributed by atoms with van der Waals surface area (Å²) in [5.74, 6) is 0.596. The summed E-state index contributed by atoms with van der Waals surface area (Å²) >= 11 is 1.52. The molecule has 0 radical (unpaired) electrons. The molecule has 1 unspecified atom stereocenters. The van der Waals surface area contributed by atoms with Crippen LogP contribution in [0.25, 0.3) is 0 Å². The average molecular weight is 481 g/mol. The Balaban J connectivity index is 1.70. The Kier molecular flexibility index (Phi) is 6.89. The number of aryl methyl sites for hydroxylation is 1. The number of hydrogen-bond acceptors (Lipinski definition) is 5. The summed E-state index contributed by atoms with van der Waals surface area (Å²) < 4.78 is 34.7. The van der Waals surface area contributed by atoms with Gasteiger partial charge in [0.1, 0.15) is 27.7 Å². The van der Waals surface area contributed by atoms with E-state index in [2.05, 4.69) is 31.2 Å². The normalized spacial score (nSPS) is 18.5. The maximum absolute atomic E-state index is 13.6. The molecule has 0 bridgehead atoms. The highest BCUT2D eigenvalue weighted by atomic mass is 32.2. The highest BCUT2D eigenvalue weighted by molar-refractivity contribution is 7.89. The van der Waals surface area contributed by atoms with Crippen LogP contribution in [0, 0.1) is 18.3 Å². The molecule has 1 aliphatic rings. The van der Waals surface area contributed by atoms with Gasteiger partial charge in [0.2, 0.25) is 10.0 Å². The van der Waals surface area contributed by atoms with E-state index in [1.54, 1.807) is 28.6 Å². The van der Waals surface area contributed by atoms with Crippen LogP contribution in [0.15, 0.2) is 59.5 Å². The zero-order valence-corrected chi connectivity index (χ0v) is 20.7. The molecule has 5 nitrogen and oxygen atoms in total. The summed E-state index contributed by atoms with van der Waals surface area (Å²) in [4.78, 5) is 2.08. The second-order valence-electron chi connectivity index (χ2n) is 8.35. The van der Waals surface area contributed by atoms with Gasteiger partial charge in [0.05, 0.1) is 6.54 Å². The number of hydrogen-bond donors (Lipinski definition) is 0. The molecular formula is C26H28N2O3S2. The maximum Gasteiger partial charge on any atom is 0.247 e. The molecule has 2 heterocycles. The molecule has 3 aromatic rings. The first-order valence-corrected chi connectivity index (χ1v) is 13.5. The molecule has 4 rings (SSSR count). The number of rotatable bonds is 6. The molecule has 0 fully saturated rings. The number of benzene rings is 2. The van der Waals surface area contributed by atoms with Gasteiger partial charge in [-0.15, -0.1) is 11.3 Å². The van der Waals surface area contributed by atoms with Crippen LogP contribution in [0.1, 0.15) is 59.1 Å². The lowest BCUT2D eigenvalue weighted by Crippen LogP contribution is -2.36. The van der Waals surface area contributed by atoms with Crippen LogP contribution >= 0.6 is 11.3 Å². The van der Waals surface area contributed by atoms with Gasteiger partial charge in [0.15, 0.2) is 0 Å². The zero-order chi connectivity index (χ0) is 23.6. The van der Waals surface area contributed by atoms with Crippen LogP contribution in [0.3, 0.4) is 0 Å². The summed E-state index contributed by atoms with van der Waals surface area (Å²) in [5.41, 5.74) is 3.18. The number of ether oxygens (including phenoxy) is 1. The third-order valence-electron chi connectivity index (χ3n) is 6.23. The molecule has 1 aliphatic heterocycles. The number of para-hydroxylation sites is 1. The number of sulfonamides is 1. The molecule has 172 valence electrons. The van der Waals surface area contributed by atoms with Crippen molar-refractivity contribution in [2.75, 3.05) is 6.54 Å². The van der Waals surface area contributed by atoms with Gasteiger partial charge in [-0.25, -0.2) is 8.42 Å². The van der Waals surface area contributed by atoms with Crippen molar-refractivity contribution < 1.29 is 13.2 Å². The molecule has 0 saturated carbocycles. The Bertz CT molecular complexity index is 1290. The molecule has 0 aliphatic carbocycles. The van der Waals surface area contributed by atoms with Crippen LogP contribution in [-0.4, -0.2) is 25.4 Å². The predicted octanol–water partition coefficient (Wildman–Crippen LogP) is 5.83. The molecular weight excluding hydrogens is 452 g/mol. The van der Waals surface area contributed by atoms with Crippen molar-refractivity contribution in [3.63, 3.8) is 0 Å². The highest BCUT2D eigenvalue weighted by Gasteiger charge is 2.34. The lowest BCUT2D eigenvalue weighted by atomic mass is 9.92. The Labute approximate surface area is 200 Å². The van der Waals surface area contributed by atoms with Crippen LogP contribution in [0.2, 0.25) is 0 Å². The summed E-state index contributed by atoms with van der Waals surface area (Å²) in [5, 5.41) is 9.21. The predicted molar refractivity (Wildman–Crippen MR) is 131 cm³/mol. The van der Waals surface area contributed by atoms with Crippen molar-refractivity contribution in [2.45, 2.75) is 57.1 Å². The highest BCUT2D eigenvalue weighted by Crippen LogP contribution is 2.36. The van der Waals surface area contributed by atoms with Gasteiger partial charge in [-0.3, -0.25) is 0 Å². The van der Waals surface area contributed by atoms with E-state index in [-0.39, 0.29) is 16.9 Å². The summed E-state index contributed by atoms with van der Waals surface area (Å²) in [6, 6.07) is 19.3. The Morgan fingerprint density at radius 2 is 1.97 bits per heavy atom. The lowest BCUT2D eigenvalue weighted by Gasteiger charge is -2.24. The van der Waals surface area contributed by atoms with Gasteiger partial charge in [-0.1, -0.05) is 44.2 Å². The molecule has 2 aromatic carbocycles. The number of nitriles is 1. The van der Waals surface area contributed by atoms with Crippen LogP contribution in [0.4, 0.5) is 0 Å². The second kappa shape index (κ2) is 9.68. The zero-order valence-electron chi connectivity index (χ0n) is 19.1. The first kappa shape index (κ1) is 23.5. The summed E-state index contributed by atoms with van der Waals surface area (Å²) in [7, 11) is -3.69. The van der Waals surface area contributed by atoms with Gasteiger partial charge in [0.25, 0.3) is 0 Å². The van der Waals surface area contributed by atoms with Gasteiger partial charge >= 0.3 is 0 Å². The monoisotopic (exact) mass is 480 g/mol. The Hall–Kier alpha value is -2.66. The third-order valence-corrected chi connectivity index (χ3v) is 9.19. The maximum atomic E-state index is 13.6. The van der Waals surface area contributed by atoms with E-state index in [0.717, 1.165) is 34.4 Å². The Morgan fingerprint density at radius 3 is 2.67 bits per heavy atom. The summed E-state index contributed by atoms with van der Waals surface area (Å²) in [6.07, 6.45) is 1.41. The van der Waals surface area contributed by atoms with Crippen molar-refractivity contribution in [1.29, 1.82) is 5.26 Å². The molecule has 0 N–H and O–H groups in total. The van der Waals surface area contributed by atoms with Crippen molar-refractivity contribution >= 4 is 21.4 Å². The van der Waals surface area contributed by atoms with Gasteiger partial charge in [-0.05, 0) is 60.7 Å². The van der Waals surface area contributed by atoms with E-state index >= 15 is 0 Å². The smallest absolute Gasteiger partial charge is 0.247 e. The fourth-order valence-corrected chi connectivity index (χ4v) is 6.86. The van der Waals surface area contributed by atoms with Gasteiger partial charge in [-0.2, -0.15) is 9.57 Å². The molecule has 0 amide bonds. The molecule has 33 heavy (non-hydrogen) atoms. The van der Waals surface area contributed by atoms with E-state index in [0.29, 0.717) is 23.7 Å².